The highest BCUT2D eigenvalue weighted by molar-refractivity contribution is 6.30. The molecule has 1 N–H and O–H groups in total. The van der Waals surface area contributed by atoms with Crippen LogP contribution >= 0.6 is 11.6 Å². The first-order chi connectivity index (χ1) is 12.6. The van der Waals surface area contributed by atoms with Gasteiger partial charge in [0.25, 0.3) is 0 Å². The Morgan fingerprint density at radius 1 is 1.04 bits per heavy atom. The van der Waals surface area contributed by atoms with Crippen molar-refractivity contribution < 1.29 is 4.79 Å². The standard InChI is InChI=1S/C22H17ClN2O/c1-14-5-2-3-8-18(14)22-24-19-10-9-16(13-20(19)25-22)21(26)12-15-6-4-7-17(23)11-15/h2-11,13H,12H2,1H3,(H,24,25). The van der Waals surface area contributed by atoms with Crippen LogP contribution in [0.15, 0.2) is 66.7 Å². The normalized spacial score (nSPS) is 11.0. The van der Waals surface area contributed by atoms with Gasteiger partial charge in [0.15, 0.2) is 5.78 Å². The highest BCUT2D eigenvalue weighted by atomic mass is 35.5. The van der Waals surface area contributed by atoms with Crippen molar-refractivity contribution in [2.75, 3.05) is 0 Å². The molecule has 0 aliphatic carbocycles. The molecule has 0 radical (unpaired) electrons. The van der Waals surface area contributed by atoms with E-state index in [1.807, 2.05) is 54.6 Å². The molecule has 4 rings (SSSR count). The second kappa shape index (κ2) is 6.77. The lowest BCUT2D eigenvalue weighted by molar-refractivity contribution is 0.0993. The molecule has 3 aromatic carbocycles. The van der Waals surface area contributed by atoms with Gasteiger partial charge in [0.1, 0.15) is 5.82 Å². The molecule has 0 spiro atoms. The minimum Gasteiger partial charge on any atom is -0.338 e. The Kier molecular flexibility index (Phi) is 4.31. The summed E-state index contributed by atoms with van der Waals surface area (Å²) in [6.45, 7) is 2.06. The van der Waals surface area contributed by atoms with Crippen LogP contribution in [-0.4, -0.2) is 15.8 Å². The van der Waals surface area contributed by atoms with Crippen molar-refractivity contribution in [2.45, 2.75) is 13.3 Å². The molecule has 1 heterocycles. The number of fused-ring (bicyclic) bond motifs is 1. The van der Waals surface area contributed by atoms with Gasteiger partial charge in [0.05, 0.1) is 11.0 Å². The monoisotopic (exact) mass is 360 g/mol. The largest absolute Gasteiger partial charge is 0.338 e. The second-order valence-corrected chi connectivity index (χ2v) is 6.80. The molecule has 0 aliphatic heterocycles. The number of benzene rings is 3. The van der Waals surface area contributed by atoms with E-state index in [1.165, 1.54) is 0 Å². The lowest BCUT2D eigenvalue weighted by atomic mass is 10.0. The Bertz CT molecular complexity index is 1110. The zero-order valence-electron chi connectivity index (χ0n) is 14.3. The van der Waals surface area contributed by atoms with Crippen LogP contribution in [0.2, 0.25) is 5.02 Å². The molecule has 0 saturated carbocycles. The molecule has 128 valence electrons. The zero-order chi connectivity index (χ0) is 18.1. The number of aromatic nitrogens is 2. The SMILES string of the molecule is Cc1ccccc1-c1nc2ccc(C(=O)Cc3cccc(Cl)c3)cc2[nH]1. The summed E-state index contributed by atoms with van der Waals surface area (Å²) in [6.07, 6.45) is 0.324. The van der Waals surface area contributed by atoms with Gasteiger partial charge >= 0.3 is 0 Å². The maximum Gasteiger partial charge on any atom is 0.167 e. The van der Waals surface area contributed by atoms with Crippen LogP contribution in [-0.2, 0) is 6.42 Å². The molecule has 0 aliphatic rings. The summed E-state index contributed by atoms with van der Waals surface area (Å²) >= 11 is 6.00. The van der Waals surface area contributed by atoms with Crippen molar-refractivity contribution in [1.82, 2.24) is 9.97 Å². The zero-order valence-corrected chi connectivity index (χ0v) is 15.0. The number of carbonyl (C=O) groups excluding carboxylic acids is 1. The topological polar surface area (TPSA) is 45.8 Å². The summed E-state index contributed by atoms with van der Waals surface area (Å²) in [5.41, 5.74) is 5.51. The van der Waals surface area contributed by atoms with Gasteiger partial charge in [0.2, 0.25) is 0 Å². The van der Waals surface area contributed by atoms with Crippen molar-refractivity contribution in [3.63, 3.8) is 0 Å². The fourth-order valence-corrected chi connectivity index (χ4v) is 3.30. The number of aromatic amines is 1. The number of H-pyrrole nitrogens is 1. The van der Waals surface area contributed by atoms with Crippen LogP contribution < -0.4 is 0 Å². The Hall–Kier alpha value is -2.91. The van der Waals surface area contributed by atoms with E-state index in [9.17, 15) is 4.79 Å². The van der Waals surface area contributed by atoms with Gasteiger partial charge in [-0.1, -0.05) is 48.0 Å². The van der Waals surface area contributed by atoms with Crippen LogP contribution in [0.5, 0.6) is 0 Å². The number of hydrogen-bond donors (Lipinski definition) is 1. The van der Waals surface area contributed by atoms with E-state index in [0.717, 1.165) is 33.5 Å². The summed E-state index contributed by atoms with van der Waals surface area (Å²) in [5.74, 6) is 0.874. The third-order valence-electron chi connectivity index (χ3n) is 4.46. The molecule has 4 heteroatoms. The number of halogens is 1. The minimum atomic E-state index is 0.0567. The average Bonchev–Trinajstić information content (AvgIpc) is 3.05. The number of hydrogen-bond acceptors (Lipinski definition) is 2. The van der Waals surface area contributed by atoms with Gasteiger partial charge in [-0.2, -0.15) is 0 Å². The summed E-state index contributed by atoms with van der Waals surface area (Å²) < 4.78 is 0. The number of imidazole rings is 1. The van der Waals surface area contributed by atoms with Gasteiger partial charge in [-0.15, -0.1) is 0 Å². The maximum absolute atomic E-state index is 12.6. The average molecular weight is 361 g/mol. The molecule has 1 aromatic heterocycles. The van der Waals surface area contributed by atoms with E-state index in [4.69, 9.17) is 11.6 Å². The van der Waals surface area contributed by atoms with E-state index < -0.39 is 0 Å². The molecule has 4 aromatic rings. The molecule has 0 fully saturated rings. The van der Waals surface area contributed by atoms with Crippen LogP contribution in [0, 0.1) is 6.92 Å². The number of ketones is 1. The number of carbonyl (C=O) groups is 1. The van der Waals surface area contributed by atoms with Gasteiger partial charge in [-0.05, 0) is 48.4 Å². The Morgan fingerprint density at radius 3 is 2.69 bits per heavy atom. The Morgan fingerprint density at radius 2 is 1.88 bits per heavy atom. The first kappa shape index (κ1) is 16.6. The van der Waals surface area contributed by atoms with E-state index in [1.54, 1.807) is 6.07 Å². The summed E-state index contributed by atoms with van der Waals surface area (Å²) in [5, 5.41) is 0.641. The van der Waals surface area contributed by atoms with Gasteiger partial charge < -0.3 is 4.98 Å². The van der Waals surface area contributed by atoms with Crippen LogP contribution in [0.3, 0.4) is 0 Å². The van der Waals surface area contributed by atoms with Crippen LogP contribution in [0.1, 0.15) is 21.5 Å². The first-order valence-corrected chi connectivity index (χ1v) is 8.81. The molecule has 0 atom stereocenters. The van der Waals surface area contributed by atoms with E-state index >= 15 is 0 Å². The van der Waals surface area contributed by atoms with Crippen molar-refractivity contribution in [3.05, 3.63) is 88.4 Å². The molecular formula is C22H17ClN2O. The fraction of sp³-hybridized carbons (Fsp3) is 0.0909. The van der Waals surface area contributed by atoms with Crippen LogP contribution in [0.25, 0.3) is 22.4 Å². The molecule has 0 bridgehead atoms. The van der Waals surface area contributed by atoms with Crippen molar-refractivity contribution >= 4 is 28.4 Å². The fourth-order valence-electron chi connectivity index (χ4n) is 3.08. The van der Waals surface area contributed by atoms with Gasteiger partial charge in [0, 0.05) is 22.6 Å². The van der Waals surface area contributed by atoms with E-state index in [2.05, 4.69) is 23.0 Å². The molecule has 0 amide bonds. The highest BCUT2D eigenvalue weighted by Crippen LogP contribution is 2.24. The minimum absolute atomic E-state index is 0.0567. The van der Waals surface area contributed by atoms with Crippen molar-refractivity contribution in [1.29, 1.82) is 0 Å². The predicted octanol–water partition coefficient (Wildman–Crippen LogP) is 5.62. The lowest BCUT2D eigenvalue weighted by Crippen LogP contribution is -2.03. The number of aryl methyl sites for hydroxylation is 1. The molecule has 0 saturated heterocycles. The van der Waals surface area contributed by atoms with Gasteiger partial charge in [-0.3, -0.25) is 4.79 Å². The second-order valence-electron chi connectivity index (χ2n) is 6.36. The summed E-state index contributed by atoms with van der Waals surface area (Å²) in [4.78, 5) is 20.6. The smallest absolute Gasteiger partial charge is 0.167 e. The lowest BCUT2D eigenvalue weighted by Gasteiger charge is -2.02. The molecule has 3 nitrogen and oxygen atoms in total. The number of nitrogens with one attached hydrogen (secondary N) is 1. The number of Topliss-reactive ketones (excluding diaryl/α,β-unsaturated/α-hetero) is 1. The molecule has 0 unspecified atom stereocenters. The molecular weight excluding hydrogens is 344 g/mol. The summed E-state index contributed by atoms with van der Waals surface area (Å²) in [6, 6.07) is 21.1. The third kappa shape index (κ3) is 3.26. The van der Waals surface area contributed by atoms with Crippen molar-refractivity contribution in [3.8, 4) is 11.4 Å². The summed E-state index contributed by atoms with van der Waals surface area (Å²) in [7, 11) is 0. The Balaban J connectivity index is 1.65. The highest BCUT2D eigenvalue weighted by Gasteiger charge is 2.12. The van der Waals surface area contributed by atoms with E-state index in [-0.39, 0.29) is 5.78 Å². The van der Waals surface area contributed by atoms with Gasteiger partial charge in [-0.25, -0.2) is 4.98 Å². The quantitative estimate of drug-likeness (QED) is 0.480. The maximum atomic E-state index is 12.6. The van der Waals surface area contributed by atoms with Crippen LogP contribution in [0.4, 0.5) is 0 Å². The first-order valence-electron chi connectivity index (χ1n) is 8.43. The third-order valence-corrected chi connectivity index (χ3v) is 4.69. The van der Waals surface area contributed by atoms with E-state index in [0.29, 0.717) is 17.0 Å². The predicted molar refractivity (Wildman–Crippen MR) is 106 cm³/mol. The number of nitrogens with zero attached hydrogens (tertiary/aromatic N) is 1. The van der Waals surface area contributed by atoms with Crippen molar-refractivity contribution in [2.24, 2.45) is 0 Å². The Labute approximate surface area is 156 Å². The number of rotatable bonds is 4. The molecule has 26 heavy (non-hydrogen) atoms.